The Labute approximate surface area is 214 Å². The van der Waals surface area contributed by atoms with Crippen LogP contribution in [0.5, 0.6) is 5.75 Å². The van der Waals surface area contributed by atoms with Gasteiger partial charge in [-0.05, 0) is 58.1 Å². The number of carbonyl (C=O) groups is 3. The van der Waals surface area contributed by atoms with Gasteiger partial charge in [0.05, 0.1) is 10.0 Å². The van der Waals surface area contributed by atoms with Crippen LogP contribution in [-0.4, -0.2) is 58.9 Å². The van der Waals surface area contributed by atoms with Crippen molar-refractivity contribution in [3.05, 3.63) is 45.4 Å². The topological polar surface area (TPSA) is 101 Å². The monoisotopic (exact) mass is 518 g/mol. The molecule has 4 rings (SSSR count). The van der Waals surface area contributed by atoms with Gasteiger partial charge in [-0.2, -0.15) is 0 Å². The number of para-hydroxylation sites is 1. The molecule has 2 saturated heterocycles. The number of thiazole rings is 1. The van der Waals surface area contributed by atoms with Crippen molar-refractivity contribution in [2.75, 3.05) is 19.6 Å². The van der Waals surface area contributed by atoms with Crippen LogP contribution in [0.3, 0.4) is 0 Å². The van der Waals surface area contributed by atoms with E-state index in [0.29, 0.717) is 42.5 Å². The molecule has 0 aliphatic carbocycles. The summed E-state index contributed by atoms with van der Waals surface area (Å²) in [7, 11) is 0. The maximum absolute atomic E-state index is 13.2. The van der Waals surface area contributed by atoms with E-state index in [9.17, 15) is 14.4 Å². The lowest BCUT2D eigenvalue weighted by atomic mass is 9.96. The second kappa shape index (κ2) is 11.0. The van der Waals surface area contributed by atoms with Crippen molar-refractivity contribution in [3.8, 4) is 5.75 Å². The lowest BCUT2D eigenvalue weighted by Crippen LogP contribution is -2.51. The van der Waals surface area contributed by atoms with E-state index in [1.165, 1.54) is 11.3 Å². The molecule has 1 aromatic carbocycles. The molecule has 188 valence electrons. The molecule has 3 heterocycles. The Bertz CT molecular complexity index is 1080. The minimum Gasteiger partial charge on any atom is -0.476 e. The molecule has 0 radical (unpaired) electrons. The van der Waals surface area contributed by atoms with E-state index in [-0.39, 0.29) is 23.6 Å². The molecule has 8 nitrogen and oxygen atoms in total. The normalized spacial score (nSPS) is 19.6. The standard InChI is InChI=1S/C25H31ClN4O4S/c1-25(2,34-20-9-4-3-7-17(20)26)24(33)30-13-10-16(11-14-30)23-29-19(15-35-23)22(32)28-18-8-5-6-12-27-21(18)31/h3-4,7,9,15-16,18H,5-6,8,10-14H2,1-2H3,(H,27,31)(H,28,32). The summed E-state index contributed by atoms with van der Waals surface area (Å²) < 4.78 is 5.96. The van der Waals surface area contributed by atoms with Crippen LogP contribution >= 0.6 is 22.9 Å². The fraction of sp³-hybridized carbons (Fsp3) is 0.520. The number of likely N-dealkylation sites (tertiary alicyclic amines) is 1. The van der Waals surface area contributed by atoms with Crippen molar-refractivity contribution >= 4 is 40.7 Å². The van der Waals surface area contributed by atoms with Crippen LogP contribution < -0.4 is 15.4 Å². The number of aromatic nitrogens is 1. The quantitative estimate of drug-likeness (QED) is 0.606. The lowest BCUT2D eigenvalue weighted by Gasteiger charge is -2.36. The highest BCUT2D eigenvalue weighted by atomic mass is 35.5. The highest BCUT2D eigenvalue weighted by Gasteiger charge is 2.37. The number of halogens is 1. The largest absolute Gasteiger partial charge is 0.476 e. The summed E-state index contributed by atoms with van der Waals surface area (Å²) in [6, 6.07) is 6.61. The van der Waals surface area contributed by atoms with Crippen molar-refractivity contribution in [2.24, 2.45) is 0 Å². The number of hydrogen-bond donors (Lipinski definition) is 2. The maximum atomic E-state index is 13.2. The van der Waals surface area contributed by atoms with Crippen molar-refractivity contribution in [3.63, 3.8) is 0 Å². The van der Waals surface area contributed by atoms with Crippen LogP contribution in [0, 0.1) is 0 Å². The Morgan fingerprint density at radius 2 is 1.94 bits per heavy atom. The number of rotatable bonds is 6. The molecule has 0 bridgehead atoms. The molecule has 3 amide bonds. The van der Waals surface area contributed by atoms with Gasteiger partial charge < -0.3 is 20.3 Å². The predicted molar refractivity (Wildman–Crippen MR) is 135 cm³/mol. The van der Waals surface area contributed by atoms with Crippen LogP contribution in [-0.2, 0) is 9.59 Å². The van der Waals surface area contributed by atoms with Gasteiger partial charge in [0.2, 0.25) is 5.91 Å². The summed E-state index contributed by atoms with van der Waals surface area (Å²) in [5.74, 6) is 0.124. The van der Waals surface area contributed by atoms with E-state index in [1.807, 2.05) is 17.0 Å². The lowest BCUT2D eigenvalue weighted by molar-refractivity contribution is -0.146. The smallest absolute Gasteiger partial charge is 0.271 e. The van der Waals surface area contributed by atoms with Gasteiger partial charge in [0.25, 0.3) is 11.8 Å². The molecule has 35 heavy (non-hydrogen) atoms. The number of benzene rings is 1. The number of piperidine rings is 1. The third-order valence-corrected chi connectivity index (χ3v) is 7.76. The number of hydrogen-bond acceptors (Lipinski definition) is 6. The van der Waals surface area contributed by atoms with E-state index in [1.54, 1.807) is 31.4 Å². The minimum absolute atomic E-state index is 0.0863. The summed E-state index contributed by atoms with van der Waals surface area (Å²) >= 11 is 7.65. The van der Waals surface area contributed by atoms with E-state index in [2.05, 4.69) is 15.6 Å². The molecule has 1 aromatic heterocycles. The van der Waals surface area contributed by atoms with Crippen LogP contribution in [0.15, 0.2) is 29.6 Å². The molecule has 2 aromatic rings. The van der Waals surface area contributed by atoms with Crippen molar-refractivity contribution < 1.29 is 19.1 Å². The first-order chi connectivity index (χ1) is 16.7. The SMILES string of the molecule is CC(C)(Oc1ccccc1Cl)C(=O)N1CCC(c2nc(C(=O)NC3CCCCNC3=O)cs2)CC1. The summed E-state index contributed by atoms with van der Waals surface area (Å²) in [4.78, 5) is 44.3. The molecule has 2 aliphatic rings. The maximum Gasteiger partial charge on any atom is 0.271 e. The zero-order chi connectivity index (χ0) is 25.0. The first kappa shape index (κ1) is 25.4. The van der Waals surface area contributed by atoms with Gasteiger partial charge in [0.1, 0.15) is 17.5 Å². The van der Waals surface area contributed by atoms with Crippen LogP contribution in [0.25, 0.3) is 0 Å². The Morgan fingerprint density at radius 1 is 1.20 bits per heavy atom. The molecule has 0 saturated carbocycles. The van der Waals surface area contributed by atoms with E-state index in [4.69, 9.17) is 16.3 Å². The fourth-order valence-corrected chi connectivity index (χ4v) is 5.59. The van der Waals surface area contributed by atoms with Crippen molar-refractivity contribution in [1.29, 1.82) is 0 Å². The first-order valence-corrected chi connectivity index (χ1v) is 13.3. The summed E-state index contributed by atoms with van der Waals surface area (Å²) in [6.07, 6.45) is 3.96. The van der Waals surface area contributed by atoms with E-state index in [0.717, 1.165) is 30.7 Å². The number of nitrogens with zero attached hydrogens (tertiary/aromatic N) is 2. The number of ether oxygens (including phenoxy) is 1. The second-order valence-corrected chi connectivity index (χ2v) is 10.8. The number of amides is 3. The summed E-state index contributed by atoms with van der Waals surface area (Å²) in [6.45, 7) is 5.33. The van der Waals surface area contributed by atoms with Crippen molar-refractivity contribution in [2.45, 2.75) is 63.5 Å². The number of nitrogens with one attached hydrogen (secondary N) is 2. The average Bonchev–Trinajstić information content (AvgIpc) is 3.26. The number of carbonyl (C=O) groups excluding carboxylic acids is 3. The third-order valence-electron chi connectivity index (χ3n) is 6.44. The molecular formula is C25H31ClN4O4S. The summed E-state index contributed by atoms with van der Waals surface area (Å²) in [5.41, 5.74) is -0.705. The molecular weight excluding hydrogens is 488 g/mol. The molecule has 2 N–H and O–H groups in total. The Balaban J connectivity index is 1.32. The van der Waals surface area contributed by atoms with Crippen molar-refractivity contribution in [1.82, 2.24) is 20.5 Å². The van der Waals surface area contributed by atoms with Gasteiger partial charge in [-0.15, -0.1) is 11.3 Å². The van der Waals surface area contributed by atoms with Gasteiger partial charge in [0.15, 0.2) is 5.60 Å². The third kappa shape index (κ3) is 6.13. The van der Waals surface area contributed by atoms with Crippen LogP contribution in [0.4, 0.5) is 0 Å². The Morgan fingerprint density at radius 3 is 2.69 bits per heavy atom. The van der Waals surface area contributed by atoms with Gasteiger partial charge in [-0.25, -0.2) is 4.98 Å². The molecule has 0 spiro atoms. The van der Waals surface area contributed by atoms with Gasteiger partial charge in [-0.1, -0.05) is 23.7 Å². The van der Waals surface area contributed by atoms with E-state index >= 15 is 0 Å². The zero-order valence-electron chi connectivity index (χ0n) is 20.0. The molecule has 1 atom stereocenters. The predicted octanol–water partition coefficient (Wildman–Crippen LogP) is 3.76. The van der Waals surface area contributed by atoms with Crippen LogP contribution in [0.1, 0.15) is 67.4 Å². The fourth-order valence-electron chi connectivity index (χ4n) is 4.45. The molecule has 2 fully saturated rings. The Kier molecular flexibility index (Phi) is 7.96. The molecule has 1 unspecified atom stereocenters. The van der Waals surface area contributed by atoms with E-state index < -0.39 is 11.6 Å². The second-order valence-electron chi connectivity index (χ2n) is 9.49. The molecule has 2 aliphatic heterocycles. The highest BCUT2D eigenvalue weighted by molar-refractivity contribution is 7.09. The average molecular weight is 519 g/mol. The van der Waals surface area contributed by atoms with Gasteiger partial charge >= 0.3 is 0 Å². The first-order valence-electron chi connectivity index (χ1n) is 12.0. The van der Waals surface area contributed by atoms with Crippen LogP contribution in [0.2, 0.25) is 5.02 Å². The Hall–Kier alpha value is -2.65. The summed E-state index contributed by atoms with van der Waals surface area (Å²) in [5, 5.41) is 8.75. The zero-order valence-corrected chi connectivity index (χ0v) is 21.6. The minimum atomic E-state index is -1.05. The molecule has 10 heteroatoms. The van der Waals surface area contributed by atoms with Gasteiger partial charge in [-0.3, -0.25) is 14.4 Å². The highest BCUT2D eigenvalue weighted by Crippen LogP contribution is 2.33. The van der Waals surface area contributed by atoms with Gasteiger partial charge in [0, 0.05) is 30.9 Å².